The number of unbranched alkanes of at least 4 members (excludes halogenated alkanes) is 49. The summed E-state index contributed by atoms with van der Waals surface area (Å²) in [6, 6.07) is -0.873. The van der Waals surface area contributed by atoms with Crippen molar-refractivity contribution in [1.82, 2.24) is 5.32 Å². The van der Waals surface area contributed by atoms with Crippen molar-refractivity contribution in [3.8, 4) is 0 Å². The van der Waals surface area contributed by atoms with Gasteiger partial charge >= 0.3 is 7.82 Å². The maximum absolute atomic E-state index is 13.1. The van der Waals surface area contributed by atoms with Gasteiger partial charge in [-0.2, -0.15) is 0 Å². The maximum atomic E-state index is 13.1. The lowest BCUT2D eigenvalue weighted by Gasteiger charge is -2.25. The zero-order chi connectivity index (χ0) is 62.6. The van der Waals surface area contributed by atoms with Crippen LogP contribution in [-0.2, 0) is 18.4 Å². The van der Waals surface area contributed by atoms with E-state index in [1.165, 1.54) is 302 Å². The Morgan fingerprint density at radius 3 is 1.00 bits per heavy atom. The average Bonchev–Trinajstić information content (AvgIpc) is 3.70. The number of nitrogens with one attached hydrogen (secondary N) is 1. The fraction of sp³-hybridized carbons (Fsp3) is 0.857. The van der Waals surface area contributed by atoms with Gasteiger partial charge in [-0.3, -0.25) is 13.8 Å². The number of carbonyl (C=O) groups is 1. The highest BCUT2D eigenvalue weighted by Crippen LogP contribution is 2.43. The highest BCUT2D eigenvalue weighted by molar-refractivity contribution is 7.47. The summed E-state index contributed by atoms with van der Waals surface area (Å²) in [5, 5.41) is 14.0. The standard InChI is InChI=1S/C77H147N2O6P/c1-6-8-10-12-14-16-18-20-22-24-26-28-30-32-33-34-35-36-37-38-39-40-41-42-43-44-45-47-49-51-53-55-57-59-61-63-65-67-69-71-77(81)78-75(74-85-86(82,83)84-73-72-79(3,4)5)76(80)70-68-66-64-62-60-58-56-54-52-50-48-46-31-29-27-25-23-21-19-17-15-13-11-9-7-2/h35-36,38-39,52,54,60,62,68,70,75-76,80H,6-34,37,40-51,53,55-59,61,63-67,69,71-74H2,1-5H3,(H-,78,81,82,83)/p+1/b36-35-,39-38-,54-52+,62-60+,70-68+. The Bertz CT molecular complexity index is 1590. The van der Waals surface area contributed by atoms with Crippen molar-refractivity contribution in [1.29, 1.82) is 0 Å². The Morgan fingerprint density at radius 1 is 0.395 bits per heavy atom. The molecule has 0 aliphatic carbocycles. The molecule has 0 aliphatic rings. The van der Waals surface area contributed by atoms with E-state index in [0.717, 1.165) is 51.4 Å². The average molecular weight is 1230 g/mol. The molecule has 0 bridgehead atoms. The van der Waals surface area contributed by atoms with Gasteiger partial charge in [-0.05, 0) is 77.0 Å². The molecule has 0 aromatic carbocycles. The van der Waals surface area contributed by atoms with Crippen molar-refractivity contribution in [3.63, 3.8) is 0 Å². The largest absolute Gasteiger partial charge is 0.472 e. The summed E-state index contributed by atoms with van der Waals surface area (Å²) < 4.78 is 23.8. The van der Waals surface area contributed by atoms with Crippen LogP contribution in [0.5, 0.6) is 0 Å². The molecule has 1 amide bonds. The van der Waals surface area contributed by atoms with Crippen molar-refractivity contribution in [2.24, 2.45) is 0 Å². The summed E-state index contributed by atoms with van der Waals surface area (Å²) in [4.78, 5) is 23.4. The molecule has 0 aliphatic heterocycles. The summed E-state index contributed by atoms with van der Waals surface area (Å²) >= 11 is 0. The molecule has 0 aromatic rings. The Kier molecular flexibility index (Phi) is 66.2. The van der Waals surface area contributed by atoms with E-state index < -0.39 is 20.0 Å². The second-order valence-corrected chi connectivity index (χ2v) is 28.5. The fourth-order valence-corrected chi connectivity index (χ4v) is 12.1. The summed E-state index contributed by atoms with van der Waals surface area (Å²) in [7, 11) is 1.56. The van der Waals surface area contributed by atoms with E-state index in [0.29, 0.717) is 17.4 Å². The van der Waals surface area contributed by atoms with Crippen molar-refractivity contribution < 1.29 is 32.9 Å². The molecule has 3 N–H and O–H groups in total. The SMILES string of the molecule is CCCCCCCCCCCCCCCCC/C=C\C/C=C\CCCCCCCCCCCCCCCCCCCC(=O)NC(COP(=O)(O)OCC[N+](C)(C)C)C(O)/C=C/CC/C=C/CC/C=C/CCCCCCCCCCCCCCCCC. The Labute approximate surface area is 536 Å². The summed E-state index contributed by atoms with van der Waals surface area (Å²) in [6.07, 6.45) is 94.1. The maximum Gasteiger partial charge on any atom is 0.472 e. The number of carbonyl (C=O) groups excluding carboxylic acids is 1. The van der Waals surface area contributed by atoms with Gasteiger partial charge in [-0.25, -0.2) is 4.57 Å². The second-order valence-electron chi connectivity index (χ2n) is 27.0. The van der Waals surface area contributed by atoms with Gasteiger partial charge < -0.3 is 19.8 Å². The third kappa shape index (κ3) is 69.7. The van der Waals surface area contributed by atoms with Crippen LogP contribution in [-0.4, -0.2) is 73.4 Å². The number of quaternary nitrogens is 1. The topological polar surface area (TPSA) is 105 Å². The third-order valence-corrected chi connectivity index (χ3v) is 18.2. The van der Waals surface area contributed by atoms with Gasteiger partial charge in [0.05, 0.1) is 39.9 Å². The number of nitrogens with zero attached hydrogens (tertiary/aromatic N) is 1. The number of likely N-dealkylation sites (N-methyl/N-ethyl adjacent to an activating group) is 1. The van der Waals surface area contributed by atoms with E-state index in [4.69, 9.17) is 9.05 Å². The molecule has 0 fully saturated rings. The lowest BCUT2D eigenvalue weighted by molar-refractivity contribution is -0.870. The van der Waals surface area contributed by atoms with Crippen molar-refractivity contribution >= 4 is 13.7 Å². The number of hydrogen-bond acceptors (Lipinski definition) is 5. The lowest BCUT2D eigenvalue weighted by Crippen LogP contribution is -2.45. The lowest BCUT2D eigenvalue weighted by atomic mass is 10.0. The minimum Gasteiger partial charge on any atom is -0.387 e. The van der Waals surface area contributed by atoms with E-state index in [-0.39, 0.29) is 19.1 Å². The molecule has 3 atom stereocenters. The molecule has 506 valence electrons. The molecule has 0 rings (SSSR count). The van der Waals surface area contributed by atoms with E-state index in [1.54, 1.807) is 6.08 Å². The van der Waals surface area contributed by atoms with Crippen molar-refractivity contribution in [2.45, 2.75) is 386 Å². The summed E-state index contributed by atoms with van der Waals surface area (Å²) in [5.74, 6) is -0.186. The van der Waals surface area contributed by atoms with Crippen LogP contribution in [0.2, 0.25) is 0 Å². The highest BCUT2D eigenvalue weighted by Gasteiger charge is 2.28. The molecular weight excluding hydrogens is 1080 g/mol. The fourth-order valence-electron chi connectivity index (χ4n) is 11.3. The zero-order valence-electron chi connectivity index (χ0n) is 58.1. The smallest absolute Gasteiger partial charge is 0.387 e. The van der Waals surface area contributed by atoms with Crippen LogP contribution in [0.3, 0.4) is 0 Å². The van der Waals surface area contributed by atoms with E-state index in [2.05, 4.69) is 67.8 Å². The zero-order valence-corrected chi connectivity index (χ0v) is 59.0. The van der Waals surface area contributed by atoms with Crippen molar-refractivity contribution in [2.75, 3.05) is 40.9 Å². The van der Waals surface area contributed by atoms with Gasteiger partial charge in [-0.15, -0.1) is 0 Å². The van der Waals surface area contributed by atoms with E-state index in [1.807, 2.05) is 27.2 Å². The predicted molar refractivity (Wildman–Crippen MR) is 378 cm³/mol. The number of hydrogen-bond donors (Lipinski definition) is 3. The van der Waals surface area contributed by atoms with Crippen LogP contribution >= 0.6 is 7.82 Å². The van der Waals surface area contributed by atoms with Gasteiger partial charge in [0.1, 0.15) is 13.2 Å². The first-order valence-electron chi connectivity index (χ1n) is 37.7. The molecule has 0 aromatic heterocycles. The van der Waals surface area contributed by atoms with Crippen LogP contribution < -0.4 is 5.32 Å². The Morgan fingerprint density at radius 2 is 0.674 bits per heavy atom. The molecule has 0 heterocycles. The first-order chi connectivity index (χ1) is 42.0. The molecule has 9 heteroatoms. The predicted octanol–water partition coefficient (Wildman–Crippen LogP) is 24.3. The minimum atomic E-state index is -4.37. The molecular formula is C77H148N2O6P+. The van der Waals surface area contributed by atoms with E-state index in [9.17, 15) is 19.4 Å². The number of phosphoric ester groups is 1. The number of phosphoric acid groups is 1. The summed E-state index contributed by atoms with van der Waals surface area (Å²) in [5.41, 5.74) is 0. The number of aliphatic hydroxyl groups is 1. The monoisotopic (exact) mass is 1230 g/mol. The van der Waals surface area contributed by atoms with Crippen LogP contribution in [0, 0.1) is 0 Å². The first kappa shape index (κ1) is 84.2. The van der Waals surface area contributed by atoms with Crippen molar-refractivity contribution in [3.05, 3.63) is 60.8 Å². The first-order valence-corrected chi connectivity index (χ1v) is 39.2. The molecule has 0 saturated carbocycles. The minimum absolute atomic E-state index is 0.0532. The summed E-state index contributed by atoms with van der Waals surface area (Å²) in [6.45, 7) is 4.84. The molecule has 8 nitrogen and oxygen atoms in total. The molecule has 0 saturated heterocycles. The van der Waals surface area contributed by atoms with Crippen LogP contribution in [0.15, 0.2) is 60.8 Å². The quantitative estimate of drug-likeness (QED) is 0.0243. The molecule has 0 radical (unpaired) electrons. The van der Waals surface area contributed by atoms with Crippen LogP contribution in [0.1, 0.15) is 373 Å². The molecule has 3 unspecified atom stereocenters. The van der Waals surface area contributed by atoms with E-state index >= 15 is 0 Å². The molecule has 0 spiro atoms. The van der Waals surface area contributed by atoms with Gasteiger partial charge in [0.2, 0.25) is 5.91 Å². The number of aliphatic hydroxyl groups excluding tert-OH is 1. The van der Waals surface area contributed by atoms with Gasteiger partial charge in [-0.1, -0.05) is 351 Å². The number of amides is 1. The Hall–Kier alpha value is -1.80. The normalized spacial score (nSPS) is 13.9. The van der Waals surface area contributed by atoms with Gasteiger partial charge in [0.25, 0.3) is 0 Å². The second kappa shape index (κ2) is 67.6. The number of allylic oxidation sites excluding steroid dienone is 9. The van der Waals surface area contributed by atoms with Crippen LogP contribution in [0.4, 0.5) is 0 Å². The molecule has 86 heavy (non-hydrogen) atoms. The van der Waals surface area contributed by atoms with Gasteiger partial charge in [0.15, 0.2) is 0 Å². The van der Waals surface area contributed by atoms with Crippen LogP contribution in [0.25, 0.3) is 0 Å². The third-order valence-electron chi connectivity index (χ3n) is 17.2. The van der Waals surface area contributed by atoms with Gasteiger partial charge in [0, 0.05) is 6.42 Å². The number of rotatable bonds is 70. The Balaban J connectivity index is 4.02. The highest BCUT2D eigenvalue weighted by atomic mass is 31.2.